The third kappa shape index (κ3) is 4.71. The van der Waals surface area contributed by atoms with Crippen LogP contribution in [0, 0.1) is 0 Å². The smallest absolute Gasteiger partial charge is 0.251 e. The number of amides is 3. The third-order valence-electron chi connectivity index (χ3n) is 5.95. The molecule has 1 N–H and O–H groups in total. The van der Waals surface area contributed by atoms with Crippen molar-refractivity contribution >= 4 is 17.7 Å². The van der Waals surface area contributed by atoms with Gasteiger partial charge >= 0.3 is 0 Å². The van der Waals surface area contributed by atoms with Gasteiger partial charge in [0.1, 0.15) is 18.3 Å². The number of nitrogens with zero attached hydrogens (tertiary/aromatic N) is 2. The number of nitrogens with one attached hydrogen (secondary N) is 1. The highest BCUT2D eigenvalue weighted by molar-refractivity contribution is 5.95. The third-order valence-corrected chi connectivity index (χ3v) is 5.95. The van der Waals surface area contributed by atoms with E-state index in [1.54, 1.807) is 29.0 Å². The van der Waals surface area contributed by atoms with E-state index in [4.69, 9.17) is 4.74 Å². The van der Waals surface area contributed by atoms with Crippen LogP contribution in [0.3, 0.4) is 0 Å². The van der Waals surface area contributed by atoms with Crippen molar-refractivity contribution in [1.29, 1.82) is 0 Å². The van der Waals surface area contributed by atoms with E-state index in [0.29, 0.717) is 25.2 Å². The molecule has 0 aliphatic carbocycles. The predicted octanol–water partition coefficient (Wildman–Crippen LogP) is 2.35. The van der Waals surface area contributed by atoms with Gasteiger partial charge < -0.3 is 19.9 Å². The van der Waals surface area contributed by atoms with Crippen LogP contribution in [0.1, 0.15) is 40.7 Å². The van der Waals surface area contributed by atoms with Gasteiger partial charge in [-0.2, -0.15) is 0 Å². The zero-order valence-electron chi connectivity index (χ0n) is 17.7. The summed E-state index contributed by atoms with van der Waals surface area (Å²) < 4.78 is 5.14. The largest absolute Gasteiger partial charge is 0.497 e. The molecule has 3 amide bonds. The molecular formula is C24H27N3O4. The Morgan fingerprint density at radius 3 is 2.45 bits per heavy atom. The highest BCUT2D eigenvalue weighted by Crippen LogP contribution is 2.24. The van der Waals surface area contributed by atoms with Gasteiger partial charge in [0.15, 0.2) is 0 Å². The lowest BCUT2D eigenvalue weighted by Crippen LogP contribution is -2.60. The second kappa shape index (κ2) is 9.20. The van der Waals surface area contributed by atoms with E-state index >= 15 is 0 Å². The van der Waals surface area contributed by atoms with Crippen LogP contribution in [0.4, 0.5) is 0 Å². The number of rotatable bonds is 6. The molecule has 31 heavy (non-hydrogen) atoms. The van der Waals surface area contributed by atoms with Crippen molar-refractivity contribution in [2.75, 3.05) is 20.2 Å². The van der Waals surface area contributed by atoms with Crippen LogP contribution in [0.25, 0.3) is 0 Å². The predicted molar refractivity (Wildman–Crippen MR) is 115 cm³/mol. The maximum Gasteiger partial charge on any atom is 0.251 e. The Hall–Kier alpha value is -3.35. The second-order valence-corrected chi connectivity index (χ2v) is 8.02. The van der Waals surface area contributed by atoms with Crippen LogP contribution in [0.2, 0.25) is 0 Å². The first-order chi connectivity index (χ1) is 15.0. The normalized spacial score (nSPS) is 18.5. The van der Waals surface area contributed by atoms with Gasteiger partial charge in [-0.15, -0.1) is 0 Å². The Morgan fingerprint density at radius 2 is 1.74 bits per heavy atom. The van der Waals surface area contributed by atoms with Gasteiger partial charge in [-0.05, 0) is 54.7 Å². The minimum atomic E-state index is -0.307. The van der Waals surface area contributed by atoms with Gasteiger partial charge in [0.25, 0.3) is 5.91 Å². The summed E-state index contributed by atoms with van der Waals surface area (Å²) in [6, 6.07) is 14.4. The topological polar surface area (TPSA) is 79.0 Å². The van der Waals surface area contributed by atoms with Crippen molar-refractivity contribution in [1.82, 2.24) is 15.1 Å². The number of carbonyl (C=O) groups is 3. The summed E-state index contributed by atoms with van der Waals surface area (Å²) in [7, 11) is 1.62. The lowest BCUT2D eigenvalue weighted by molar-refractivity contribution is -0.158. The first kappa shape index (κ1) is 20.9. The van der Waals surface area contributed by atoms with E-state index in [1.807, 2.05) is 36.4 Å². The highest BCUT2D eigenvalue weighted by Gasteiger charge is 2.40. The van der Waals surface area contributed by atoms with Crippen molar-refractivity contribution in [2.45, 2.75) is 38.4 Å². The summed E-state index contributed by atoms with van der Waals surface area (Å²) in [4.78, 5) is 41.0. The van der Waals surface area contributed by atoms with Crippen molar-refractivity contribution in [3.8, 4) is 5.75 Å². The minimum absolute atomic E-state index is 0.0267. The molecule has 0 spiro atoms. The molecule has 0 aromatic heterocycles. The van der Waals surface area contributed by atoms with Crippen LogP contribution in [-0.2, 0) is 22.7 Å². The summed E-state index contributed by atoms with van der Waals surface area (Å²) in [5.74, 6) is 0.666. The Morgan fingerprint density at radius 1 is 1.03 bits per heavy atom. The van der Waals surface area contributed by atoms with Gasteiger partial charge in [-0.3, -0.25) is 14.4 Å². The summed E-state index contributed by atoms with van der Waals surface area (Å²) in [6.07, 6.45) is 2.69. The van der Waals surface area contributed by atoms with E-state index in [9.17, 15) is 14.4 Å². The molecule has 2 aliphatic rings. The van der Waals surface area contributed by atoms with Gasteiger partial charge in [0.05, 0.1) is 7.11 Å². The van der Waals surface area contributed by atoms with Crippen molar-refractivity contribution in [3.63, 3.8) is 0 Å². The fourth-order valence-electron chi connectivity index (χ4n) is 4.17. The number of piperidine rings is 1. The SMILES string of the molecule is COc1ccc(CNC(=O)c2ccc(CN3CC(=O)N4CCCC[C@@H]4C3=O)cc2)cc1. The van der Waals surface area contributed by atoms with Gasteiger partial charge in [0, 0.05) is 25.2 Å². The zero-order chi connectivity index (χ0) is 21.8. The van der Waals surface area contributed by atoms with Crippen molar-refractivity contribution in [2.24, 2.45) is 0 Å². The average Bonchev–Trinajstić information content (AvgIpc) is 2.81. The molecule has 0 radical (unpaired) electrons. The van der Waals surface area contributed by atoms with Crippen LogP contribution >= 0.6 is 0 Å². The molecule has 7 nitrogen and oxygen atoms in total. The van der Waals surface area contributed by atoms with Crippen LogP contribution in [-0.4, -0.2) is 53.8 Å². The lowest BCUT2D eigenvalue weighted by atomic mass is 9.98. The number of hydrogen-bond donors (Lipinski definition) is 1. The maximum absolute atomic E-state index is 12.8. The molecule has 0 bridgehead atoms. The summed E-state index contributed by atoms with van der Waals surface area (Å²) in [6.45, 7) is 1.61. The lowest BCUT2D eigenvalue weighted by Gasteiger charge is -2.42. The van der Waals surface area contributed by atoms with Crippen molar-refractivity contribution in [3.05, 3.63) is 65.2 Å². The second-order valence-electron chi connectivity index (χ2n) is 8.02. The monoisotopic (exact) mass is 421 g/mol. The molecule has 2 heterocycles. The average molecular weight is 421 g/mol. The number of ether oxygens (including phenoxy) is 1. The molecule has 2 saturated heterocycles. The molecule has 7 heteroatoms. The summed E-state index contributed by atoms with van der Waals surface area (Å²) >= 11 is 0. The van der Waals surface area contributed by atoms with Gasteiger partial charge in [-0.25, -0.2) is 0 Å². The van der Waals surface area contributed by atoms with Gasteiger partial charge in [0.2, 0.25) is 11.8 Å². The van der Waals surface area contributed by atoms with E-state index in [-0.39, 0.29) is 30.3 Å². The highest BCUT2D eigenvalue weighted by atomic mass is 16.5. The molecule has 162 valence electrons. The molecule has 2 aromatic rings. The number of piperazine rings is 1. The quantitative estimate of drug-likeness (QED) is 0.777. The van der Waals surface area contributed by atoms with E-state index in [2.05, 4.69) is 5.32 Å². The maximum atomic E-state index is 12.8. The summed E-state index contributed by atoms with van der Waals surface area (Å²) in [5.41, 5.74) is 2.43. The number of fused-ring (bicyclic) bond motifs is 1. The Bertz CT molecular complexity index is 956. The molecule has 2 aliphatic heterocycles. The van der Waals surface area contributed by atoms with Crippen molar-refractivity contribution < 1.29 is 19.1 Å². The Balaban J connectivity index is 1.33. The van der Waals surface area contributed by atoms with Crippen LogP contribution in [0.15, 0.2) is 48.5 Å². The molecule has 1 atom stereocenters. The Kier molecular flexibility index (Phi) is 6.21. The first-order valence-corrected chi connectivity index (χ1v) is 10.6. The molecule has 2 fully saturated rings. The first-order valence-electron chi connectivity index (χ1n) is 10.6. The number of hydrogen-bond acceptors (Lipinski definition) is 4. The minimum Gasteiger partial charge on any atom is -0.497 e. The van der Waals surface area contributed by atoms with Crippen LogP contribution < -0.4 is 10.1 Å². The zero-order valence-corrected chi connectivity index (χ0v) is 17.7. The van der Waals surface area contributed by atoms with Crippen LogP contribution in [0.5, 0.6) is 5.75 Å². The standard InChI is InChI=1S/C24H27N3O4/c1-31-20-11-7-17(8-12-20)14-25-23(29)19-9-5-18(6-10-19)15-26-16-22(28)27-13-3-2-4-21(27)24(26)30/h5-12,21H,2-4,13-16H2,1H3,(H,25,29)/t21-/m1/s1. The molecule has 4 rings (SSSR count). The van der Waals surface area contributed by atoms with E-state index in [0.717, 1.165) is 36.1 Å². The summed E-state index contributed by atoms with van der Waals surface area (Å²) in [5, 5.41) is 2.90. The Labute approximate surface area is 182 Å². The van der Waals surface area contributed by atoms with E-state index in [1.165, 1.54) is 0 Å². The molecule has 0 saturated carbocycles. The molecule has 2 aromatic carbocycles. The number of carbonyl (C=O) groups excluding carboxylic acids is 3. The number of methoxy groups -OCH3 is 1. The molecule has 0 unspecified atom stereocenters. The molecular weight excluding hydrogens is 394 g/mol. The van der Waals surface area contributed by atoms with Gasteiger partial charge in [-0.1, -0.05) is 24.3 Å². The van der Waals surface area contributed by atoms with E-state index < -0.39 is 0 Å². The fraction of sp³-hybridized carbons (Fsp3) is 0.375. The fourth-order valence-corrected chi connectivity index (χ4v) is 4.17. The number of benzene rings is 2.